The van der Waals surface area contributed by atoms with E-state index >= 15 is 0 Å². The fourth-order valence-corrected chi connectivity index (χ4v) is 2.35. The van der Waals surface area contributed by atoms with E-state index < -0.39 is 21.6 Å². The zero-order chi connectivity index (χ0) is 13.8. The number of hydrogen-bond acceptors (Lipinski definition) is 3. The van der Waals surface area contributed by atoms with Crippen LogP contribution in [0.25, 0.3) is 0 Å². The molecule has 0 amide bonds. The van der Waals surface area contributed by atoms with Crippen molar-refractivity contribution >= 4 is 15.7 Å². The number of benzene rings is 1. The highest BCUT2D eigenvalue weighted by Gasteiger charge is 2.32. The molecule has 0 atom stereocenters. The van der Waals surface area contributed by atoms with Gasteiger partial charge in [-0.2, -0.15) is 8.78 Å². The van der Waals surface area contributed by atoms with Gasteiger partial charge in [-0.25, -0.2) is 12.8 Å². The molecule has 1 rings (SSSR count). The fourth-order valence-electron chi connectivity index (χ4n) is 1.37. The van der Waals surface area contributed by atoms with Crippen molar-refractivity contribution in [3.63, 3.8) is 0 Å². The standard InChI is InChI=1S/C10H13F3N2O2S/c11-8-3-1-4-9(7-8)15(6-2-5-14)18(16,17)10(12)13/h1,3-4,7,10H,2,5-6,14H2. The number of halogens is 3. The molecule has 0 heterocycles. The van der Waals surface area contributed by atoms with E-state index in [9.17, 15) is 21.6 Å². The second-order valence-electron chi connectivity index (χ2n) is 3.50. The Morgan fingerprint density at radius 3 is 2.50 bits per heavy atom. The summed E-state index contributed by atoms with van der Waals surface area (Å²) in [7, 11) is -4.80. The lowest BCUT2D eigenvalue weighted by Gasteiger charge is -2.23. The van der Waals surface area contributed by atoms with E-state index in [-0.39, 0.29) is 25.2 Å². The smallest absolute Gasteiger partial charge is 0.330 e. The molecule has 0 fully saturated rings. The topological polar surface area (TPSA) is 63.4 Å². The minimum absolute atomic E-state index is 0.135. The van der Waals surface area contributed by atoms with Crippen LogP contribution in [-0.4, -0.2) is 27.3 Å². The maximum atomic E-state index is 13.0. The van der Waals surface area contributed by atoms with Gasteiger partial charge in [0.25, 0.3) is 10.0 Å². The first-order chi connectivity index (χ1) is 8.39. The predicted octanol–water partition coefficient (Wildman–Crippen LogP) is 1.53. The molecule has 0 aliphatic carbocycles. The van der Waals surface area contributed by atoms with Gasteiger partial charge in [0.05, 0.1) is 5.69 Å². The molecule has 0 spiro atoms. The van der Waals surface area contributed by atoms with Crippen LogP contribution in [0.5, 0.6) is 0 Å². The largest absolute Gasteiger partial charge is 0.355 e. The Labute approximate surface area is 103 Å². The molecule has 102 valence electrons. The van der Waals surface area contributed by atoms with Crippen molar-refractivity contribution in [3.05, 3.63) is 30.1 Å². The Morgan fingerprint density at radius 2 is 2.00 bits per heavy atom. The summed E-state index contributed by atoms with van der Waals surface area (Å²) in [5.74, 6) is -4.26. The molecule has 4 nitrogen and oxygen atoms in total. The molecule has 2 N–H and O–H groups in total. The number of hydrogen-bond donors (Lipinski definition) is 1. The third-order valence-corrected chi connectivity index (χ3v) is 3.65. The van der Waals surface area contributed by atoms with Crippen LogP contribution in [-0.2, 0) is 10.0 Å². The van der Waals surface area contributed by atoms with Crippen molar-refractivity contribution in [2.45, 2.75) is 12.2 Å². The number of rotatable bonds is 6. The fraction of sp³-hybridized carbons (Fsp3) is 0.400. The molecule has 0 aliphatic heterocycles. The summed E-state index contributed by atoms with van der Waals surface area (Å²) >= 11 is 0. The average molecular weight is 282 g/mol. The van der Waals surface area contributed by atoms with Crippen LogP contribution in [0, 0.1) is 5.82 Å². The van der Waals surface area contributed by atoms with Crippen molar-refractivity contribution in [2.75, 3.05) is 17.4 Å². The minimum atomic E-state index is -4.80. The molecule has 0 unspecified atom stereocenters. The van der Waals surface area contributed by atoms with E-state index in [2.05, 4.69) is 0 Å². The number of sulfonamides is 1. The predicted molar refractivity (Wildman–Crippen MR) is 62.3 cm³/mol. The summed E-state index contributed by atoms with van der Waals surface area (Å²) in [6.07, 6.45) is 0.197. The van der Waals surface area contributed by atoms with Crippen molar-refractivity contribution in [2.24, 2.45) is 5.73 Å². The van der Waals surface area contributed by atoms with Crippen LogP contribution in [0.2, 0.25) is 0 Å². The lowest BCUT2D eigenvalue weighted by molar-refractivity contribution is 0.234. The second-order valence-corrected chi connectivity index (χ2v) is 5.33. The van der Waals surface area contributed by atoms with Crippen molar-refractivity contribution in [1.82, 2.24) is 0 Å². The lowest BCUT2D eigenvalue weighted by Crippen LogP contribution is -2.37. The van der Waals surface area contributed by atoms with E-state index in [1.807, 2.05) is 0 Å². The average Bonchev–Trinajstić information content (AvgIpc) is 2.29. The Bertz CT molecular complexity index is 494. The summed E-state index contributed by atoms with van der Waals surface area (Å²) in [6, 6.07) is 4.48. The molecule has 1 aromatic rings. The number of anilines is 1. The highest BCUT2D eigenvalue weighted by atomic mass is 32.2. The number of alkyl halides is 2. The van der Waals surface area contributed by atoms with Gasteiger partial charge in [0, 0.05) is 6.54 Å². The maximum Gasteiger partial charge on any atom is 0.355 e. The van der Waals surface area contributed by atoms with E-state index in [1.54, 1.807) is 0 Å². The van der Waals surface area contributed by atoms with Gasteiger partial charge in [-0.1, -0.05) is 6.07 Å². The molecule has 1 aromatic carbocycles. The highest BCUT2D eigenvalue weighted by Crippen LogP contribution is 2.23. The number of nitrogens with zero attached hydrogens (tertiary/aromatic N) is 1. The van der Waals surface area contributed by atoms with E-state index in [1.165, 1.54) is 12.1 Å². The Balaban J connectivity index is 3.14. The first-order valence-corrected chi connectivity index (χ1v) is 6.65. The van der Waals surface area contributed by atoms with Gasteiger partial charge >= 0.3 is 5.76 Å². The van der Waals surface area contributed by atoms with E-state index in [0.717, 1.165) is 12.1 Å². The van der Waals surface area contributed by atoms with Crippen LogP contribution >= 0.6 is 0 Å². The van der Waals surface area contributed by atoms with Gasteiger partial charge in [0.15, 0.2) is 0 Å². The third kappa shape index (κ3) is 3.36. The molecular weight excluding hydrogens is 269 g/mol. The molecule has 0 aromatic heterocycles. The number of nitrogens with two attached hydrogens (primary N) is 1. The molecule has 8 heteroatoms. The zero-order valence-corrected chi connectivity index (χ0v) is 10.2. The molecule has 0 aliphatic rings. The lowest BCUT2D eigenvalue weighted by atomic mass is 10.3. The molecule has 0 bridgehead atoms. The Hall–Kier alpha value is -1.28. The van der Waals surface area contributed by atoms with Gasteiger partial charge in [-0.3, -0.25) is 4.31 Å². The normalized spacial score (nSPS) is 11.8. The van der Waals surface area contributed by atoms with Crippen molar-refractivity contribution in [1.29, 1.82) is 0 Å². The van der Waals surface area contributed by atoms with Gasteiger partial charge in [-0.15, -0.1) is 0 Å². The van der Waals surface area contributed by atoms with Crippen LogP contribution in [0.15, 0.2) is 24.3 Å². The van der Waals surface area contributed by atoms with Crippen LogP contribution in [0.3, 0.4) is 0 Å². The summed E-state index contributed by atoms with van der Waals surface area (Å²) in [4.78, 5) is 0. The van der Waals surface area contributed by atoms with Crippen molar-refractivity contribution in [3.8, 4) is 0 Å². The summed E-state index contributed by atoms with van der Waals surface area (Å²) in [5, 5.41) is 0. The van der Waals surface area contributed by atoms with Gasteiger partial charge in [0.1, 0.15) is 5.82 Å². The summed E-state index contributed by atoms with van der Waals surface area (Å²) < 4.78 is 61.4. The van der Waals surface area contributed by atoms with Crippen LogP contribution in [0.1, 0.15) is 6.42 Å². The van der Waals surface area contributed by atoms with Gasteiger partial charge in [-0.05, 0) is 31.2 Å². The SMILES string of the molecule is NCCCN(c1cccc(F)c1)S(=O)(=O)C(F)F. The van der Waals surface area contributed by atoms with Crippen molar-refractivity contribution < 1.29 is 21.6 Å². The van der Waals surface area contributed by atoms with Crippen LogP contribution in [0.4, 0.5) is 18.9 Å². The zero-order valence-electron chi connectivity index (χ0n) is 9.39. The highest BCUT2D eigenvalue weighted by molar-refractivity contribution is 7.93. The van der Waals surface area contributed by atoms with Gasteiger partial charge < -0.3 is 5.73 Å². The van der Waals surface area contributed by atoms with E-state index in [4.69, 9.17) is 5.73 Å². The third-order valence-electron chi connectivity index (χ3n) is 2.19. The monoisotopic (exact) mass is 282 g/mol. The molecular formula is C10H13F3N2O2S. The molecule has 18 heavy (non-hydrogen) atoms. The van der Waals surface area contributed by atoms with E-state index in [0.29, 0.717) is 4.31 Å². The summed E-state index contributed by atoms with van der Waals surface area (Å²) in [5.41, 5.74) is 5.09. The first kappa shape index (κ1) is 14.8. The van der Waals surface area contributed by atoms with Gasteiger partial charge in [0.2, 0.25) is 0 Å². The summed E-state index contributed by atoms with van der Waals surface area (Å²) in [6.45, 7) is -0.0722. The molecule has 0 radical (unpaired) electrons. The molecule has 0 saturated carbocycles. The quantitative estimate of drug-likeness (QED) is 0.860. The first-order valence-electron chi connectivity index (χ1n) is 5.15. The maximum absolute atomic E-state index is 13.0. The molecule has 0 saturated heterocycles. The minimum Gasteiger partial charge on any atom is -0.330 e. The Morgan fingerprint density at radius 1 is 1.33 bits per heavy atom. The second kappa shape index (κ2) is 6.05. The van der Waals surface area contributed by atoms with Crippen LogP contribution < -0.4 is 10.0 Å². The Kier molecular flexibility index (Phi) is 4.97.